The van der Waals surface area contributed by atoms with Crippen molar-refractivity contribution in [2.75, 3.05) is 19.8 Å². The summed E-state index contributed by atoms with van der Waals surface area (Å²) in [5.74, 6) is 1.30. The van der Waals surface area contributed by atoms with Crippen molar-refractivity contribution >= 4 is 5.91 Å². The van der Waals surface area contributed by atoms with Crippen LogP contribution in [0.15, 0.2) is 29.1 Å². The van der Waals surface area contributed by atoms with E-state index in [2.05, 4.69) is 9.55 Å². The third-order valence-corrected chi connectivity index (χ3v) is 3.88. The van der Waals surface area contributed by atoms with Crippen molar-refractivity contribution < 1.29 is 13.9 Å². The molecule has 6 heteroatoms. The Hall–Kier alpha value is -2.08. The summed E-state index contributed by atoms with van der Waals surface area (Å²) in [7, 11) is 0. The van der Waals surface area contributed by atoms with Gasteiger partial charge >= 0.3 is 0 Å². The average molecular weight is 303 g/mol. The van der Waals surface area contributed by atoms with Crippen LogP contribution in [0.5, 0.6) is 0 Å². The largest absolute Gasteiger partial charge is 0.456 e. The molecule has 0 bridgehead atoms. The van der Waals surface area contributed by atoms with Crippen molar-refractivity contribution in [1.82, 2.24) is 14.5 Å². The molecule has 1 amide bonds. The summed E-state index contributed by atoms with van der Waals surface area (Å²) < 4.78 is 13.1. The Morgan fingerprint density at radius 3 is 3.05 bits per heavy atom. The fraction of sp³-hybridized carbons (Fsp3) is 0.500. The topological polar surface area (TPSA) is 60.5 Å². The van der Waals surface area contributed by atoms with Crippen LogP contribution in [0.25, 0.3) is 0 Å². The molecule has 1 aliphatic heterocycles. The quantitative estimate of drug-likeness (QED) is 0.868. The van der Waals surface area contributed by atoms with Gasteiger partial charge in [-0.05, 0) is 26.0 Å². The van der Waals surface area contributed by atoms with E-state index in [-0.39, 0.29) is 11.8 Å². The van der Waals surface area contributed by atoms with E-state index < -0.39 is 0 Å². The second kappa shape index (κ2) is 6.36. The molecule has 2 aromatic rings. The van der Waals surface area contributed by atoms with Gasteiger partial charge in [-0.1, -0.05) is 0 Å². The van der Waals surface area contributed by atoms with E-state index in [1.54, 1.807) is 6.07 Å². The molecule has 1 aliphatic rings. The van der Waals surface area contributed by atoms with Gasteiger partial charge in [-0.2, -0.15) is 0 Å². The van der Waals surface area contributed by atoms with E-state index >= 15 is 0 Å². The van der Waals surface area contributed by atoms with Crippen molar-refractivity contribution in [3.8, 4) is 0 Å². The van der Waals surface area contributed by atoms with Gasteiger partial charge in [0, 0.05) is 31.8 Å². The second-order valence-electron chi connectivity index (χ2n) is 5.66. The van der Waals surface area contributed by atoms with Crippen molar-refractivity contribution in [2.45, 2.75) is 26.9 Å². The standard InChI is InChI=1S/C16H21N3O3/c1-3-21-10-13-7-18(9-14-6-17-11-19(14)8-13)16(20)15-5-4-12(2)22-15/h4-6,11,13H,3,7-10H2,1-2H3/t13-/m1/s1. The fourth-order valence-electron chi connectivity index (χ4n) is 2.80. The number of hydrogen-bond donors (Lipinski definition) is 0. The summed E-state index contributed by atoms with van der Waals surface area (Å²) in [5.41, 5.74) is 1.04. The predicted molar refractivity (Wildman–Crippen MR) is 80.4 cm³/mol. The molecule has 0 radical (unpaired) electrons. The van der Waals surface area contributed by atoms with Gasteiger partial charge in [-0.15, -0.1) is 0 Å². The van der Waals surface area contributed by atoms with E-state index in [0.717, 1.165) is 18.0 Å². The number of amides is 1. The van der Waals surface area contributed by atoms with Crippen LogP contribution in [-0.4, -0.2) is 40.1 Å². The first-order valence-corrected chi connectivity index (χ1v) is 7.59. The Morgan fingerprint density at radius 2 is 2.32 bits per heavy atom. The zero-order valence-corrected chi connectivity index (χ0v) is 13.0. The number of carbonyl (C=O) groups is 1. The van der Waals surface area contributed by atoms with Crippen LogP contribution >= 0.6 is 0 Å². The maximum absolute atomic E-state index is 12.7. The summed E-state index contributed by atoms with van der Waals surface area (Å²) in [4.78, 5) is 18.7. The fourth-order valence-corrected chi connectivity index (χ4v) is 2.80. The molecule has 1 atom stereocenters. The lowest BCUT2D eigenvalue weighted by molar-refractivity contribution is 0.0592. The Balaban J connectivity index is 1.82. The first-order chi connectivity index (χ1) is 10.7. The second-order valence-corrected chi connectivity index (χ2v) is 5.66. The summed E-state index contributed by atoms with van der Waals surface area (Å²) >= 11 is 0. The maximum atomic E-state index is 12.7. The Bertz CT molecular complexity index is 647. The molecule has 0 N–H and O–H groups in total. The first kappa shape index (κ1) is 14.8. The molecule has 0 saturated heterocycles. The zero-order chi connectivity index (χ0) is 15.5. The molecule has 3 heterocycles. The van der Waals surface area contributed by atoms with Crippen LogP contribution in [0, 0.1) is 12.8 Å². The minimum absolute atomic E-state index is 0.0794. The molecule has 0 saturated carbocycles. The minimum Gasteiger partial charge on any atom is -0.456 e. The number of carbonyl (C=O) groups excluding carboxylic acids is 1. The molecule has 6 nitrogen and oxygen atoms in total. The Morgan fingerprint density at radius 1 is 1.45 bits per heavy atom. The number of rotatable bonds is 4. The molecule has 3 rings (SSSR count). The molecular formula is C16H21N3O3. The molecule has 0 aliphatic carbocycles. The van der Waals surface area contributed by atoms with Crippen LogP contribution in [0.2, 0.25) is 0 Å². The highest BCUT2D eigenvalue weighted by Crippen LogP contribution is 2.19. The lowest BCUT2D eigenvalue weighted by atomic mass is 10.1. The number of ether oxygens (including phenoxy) is 1. The maximum Gasteiger partial charge on any atom is 0.289 e. The number of imidazole rings is 1. The van der Waals surface area contributed by atoms with Gasteiger partial charge in [0.05, 0.1) is 25.2 Å². The molecule has 0 fully saturated rings. The van der Waals surface area contributed by atoms with Gasteiger partial charge in [-0.3, -0.25) is 4.79 Å². The molecule has 2 aromatic heterocycles. The first-order valence-electron chi connectivity index (χ1n) is 7.59. The summed E-state index contributed by atoms with van der Waals surface area (Å²) in [6, 6.07) is 3.55. The van der Waals surface area contributed by atoms with E-state index in [1.807, 2.05) is 37.3 Å². The van der Waals surface area contributed by atoms with Gasteiger partial charge in [0.2, 0.25) is 0 Å². The predicted octanol–water partition coefficient (Wildman–Crippen LogP) is 2.09. The Kier molecular flexibility index (Phi) is 4.29. The van der Waals surface area contributed by atoms with Crippen LogP contribution in [0.1, 0.15) is 28.9 Å². The van der Waals surface area contributed by atoms with E-state index in [1.165, 1.54) is 0 Å². The third kappa shape index (κ3) is 3.06. The van der Waals surface area contributed by atoms with Crippen LogP contribution in [0.3, 0.4) is 0 Å². The van der Waals surface area contributed by atoms with Gasteiger partial charge < -0.3 is 18.6 Å². The van der Waals surface area contributed by atoms with Crippen LogP contribution in [0.4, 0.5) is 0 Å². The van der Waals surface area contributed by atoms with Gasteiger partial charge in [-0.25, -0.2) is 4.98 Å². The monoisotopic (exact) mass is 303 g/mol. The SMILES string of the molecule is CCOC[C@@H]1CN(C(=O)c2ccc(C)o2)Cc2cncn2C1. The number of aryl methyl sites for hydroxylation is 1. The van der Waals surface area contributed by atoms with Crippen LogP contribution < -0.4 is 0 Å². The molecular weight excluding hydrogens is 282 g/mol. The Labute approximate surface area is 129 Å². The molecule has 0 spiro atoms. The third-order valence-electron chi connectivity index (χ3n) is 3.88. The van der Waals surface area contributed by atoms with Gasteiger partial charge in [0.15, 0.2) is 5.76 Å². The van der Waals surface area contributed by atoms with E-state index in [9.17, 15) is 4.79 Å². The van der Waals surface area contributed by atoms with Crippen LogP contribution in [-0.2, 0) is 17.8 Å². The zero-order valence-electron chi connectivity index (χ0n) is 13.0. The summed E-state index contributed by atoms with van der Waals surface area (Å²) in [6.07, 6.45) is 3.63. The van der Waals surface area contributed by atoms with Gasteiger partial charge in [0.25, 0.3) is 5.91 Å². The normalized spacial score (nSPS) is 18.1. The van der Waals surface area contributed by atoms with Crippen molar-refractivity contribution in [3.05, 3.63) is 41.9 Å². The number of fused-ring (bicyclic) bond motifs is 1. The number of nitrogens with zero attached hydrogens (tertiary/aromatic N) is 3. The molecule has 0 unspecified atom stereocenters. The lowest BCUT2D eigenvalue weighted by Gasteiger charge is -2.23. The highest BCUT2D eigenvalue weighted by atomic mass is 16.5. The number of aromatic nitrogens is 2. The summed E-state index contributed by atoms with van der Waals surface area (Å²) in [6.45, 7) is 7.14. The highest BCUT2D eigenvalue weighted by molar-refractivity contribution is 5.91. The molecule has 118 valence electrons. The van der Waals surface area contributed by atoms with Crippen molar-refractivity contribution in [2.24, 2.45) is 5.92 Å². The smallest absolute Gasteiger partial charge is 0.289 e. The number of furan rings is 1. The highest BCUT2D eigenvalue weighted by Gasteiger charge is 2.27. The van der Waals surface area contributed by atoms with Gasteiger partial charge in [0.1, 0.15) is 5.76 Å². The lowest BCUT2D eigenvalue weighted by Crippen LogP contribution is -2.35. The van der Waals surface area contributed by atoms with Crippen molar-refractivity contribution in [3.63, 3.8) is 0 Å². The van der Waals surface area contributed by atoms with Crippen molar-refractivity contribution in [1.29, 1.82) is 0 Å². The minimum atomic E-state index is -0.0794. The number of hydrogen-bond acceptors (Lipinski definition) is 4. The van der Waals surface area contributed by atoms with E-state index in [4.69, 9.17) is 9.15 Å². The molecule has 22 heavy (non-hydrogen) atoms. The van der Waals surface area contributed by atoms with E-state index in [0.29, 0.717) is 32.1 Å². The average Bonchev–Trinajstić information content (AvgIpc) is 3.09. The molecule has 0 aromatic carbocycles. The summed E-state index contributed by atoms with van der Waals surface area (Å²) in [5, 5.41) is 0.